The third-order valence-corrected chi connectivity index (χ3v) is 2.92. The van der Waals surface area contributed by atoms with E-state index in [1.165, 1.54) is 6.20 Å². The van der Waals surface area contributed by atoms with Crippen molar-refractivity contribution in [1.29, 1.82) is 0 Å². The number of hydrogen-bond acceptors (Lipinski definition) is 5. The molecule has 6 heteroatoms. The first kappa shape index (κ1) is 13.2. The number of nitrogens with two attached hydrogens (primary N) is 1. The van der Waals surface area contributed by atoms with Gasteiger partial charge in [-0.25, -0.2) is 0 Å². The van der Waals surface area contributed by atoms with Gasteiger partial charge < -0.3 is 11.1 Å². The highest BCUT2D eigenvalue weighted by atomic mass is 32.1. The molecule has 0 atom stereocenters. The fourth-order valence-corrected chi connectivity index (χ4v) is 1.92. The molecule has 2 rings (SSSR count). The summed E-state index contributed by atoms with van der Waals surface area (Å²) in [5, 5.41) is 7.01. The minimum atomic E-state index is -0.226. The van der Waals surface area contributed by atoms with Crippen molar-refractivity contribution in [3.63, 3.8) is 0 Å². The Morgan fingerprint density at radius 2 is 2.37 bits per heavy atom. The zero-order chi connectivity index (χ0) is 13.7. The Balaban J connectivity index is 2.31. The Morgan fingerprint density at radius 3 is 3.05 bits per heavy atom. The molecule has 1 aromatic carbocycles. The molecule has 96 valence electrons. The van der Waals surface area contributed by atoms with Crippen molar-refractivity contribution in [1.82, 2.24) is 9.59 Å². The number of rotatable bonds is 2. The van der Waals surface area contributed by atoms with Crippen LogP contribution >= 0.6 is 11.5 Å². The van der Waals surface area contributed by atoms with Crippen LogP contribution in [-0.4, -0.2) is 22.0 Å². The molecule has 5 nitrogen and oxygen atoms in total. The third kappa shape index (κ3) is 3.37. The Kier molecular flexibility index (Phi) is 4.23. The predicted molar refractivity (Wildman–Crippen MR) is 75.0 cm³/mol. The number of anilines is 1. The molecule has 0 spiro atoms. The summed E-state index contributed by atoms with van der Waals surface area (Å²) in [6, 6.07) is 5.52. The van der Waals surface area contributed by atoms with Gasteiger partial charge in [-0.15, -0.1) is 5.10 Å². The first-order valence-corrected chi connectivity index (χ1v) is 6.36. The van der Waals surface area contributed by atoms with Gasteiger partial charge in [-0.3, -0.25) is 4.79 Å². The number of amides is 1. The van der Waals surface area contributed by atoms with E-state index >= 15 is 0 Å². The van der Waals surface area contributed by atoms with E-state index in [4.69, 9.17) is 5.73 Å². The van der Waals surface area contributed by atoms with E-state index in [9.17, 15) is 4.79 Å². The van der Waals surface area contributed by atoms with Crippen molar-refractivity contribution in [2.75, 3.05) is 11.9 Å². The largest absolute Gasteiger partial charge is 0.320 e. The highest BCUT2D eigenvalue weighted by molar-refractivity contribution is 7.10. The summed E-state index contributed by atoms with van der Waals surface area (Å²) in [6.07, 6.45) is 1.50. The van der Waals surface area contributed by atoms with Crippen molar-refractivity contribution in [3.05, 3.63) is 41.1 Å². The van der Waals surface area contributed by atoms with Gasteiger partial charge in [0.2, 0.25) is 0 Å². The number of hydrogen-bond donors (Lipinski definition) is 2. The number of aryl methyl sites for hydroxylation is 1. The molecule has 2 aromatic rings. The lowest BCUT2D eigenvalue weighted by Crippen LogP contribution is -2.13. The fraction of sp³-hybridized carbons (Fsp3) is 0.154. The molecule has 0 aliphatic rings. The number of carbonyl (C=O) groups is 1. The Labute approximate surface area is 115 Å². The second-order valence-corrected chi connectivity index (χ2v) is 4.58. The lowest BCUT2D eigenvalue weighted by molar-refractivity contribution is 0.102. The minimum Gasteiger partial charge on any atom is -0.320 e. The molecule has 0 radical (unpaired) electrons. The molecule has 1 amide bonds. The molecular formula is C13H12N4OS. The van der Waals surface area contributed by atoms with Gasteiger partial charge in [0.05, 0.1) is 18.3 Å². The van der Waals surface area contributed by atoms with Crippen LogP contribution in [0.15, 0.2) is 24.4 Å². The smallest absolute Gasteiger partial charge is 0.257 e. The molecule has 0 saturated carbocycles. The van der Waals surface area contributed by atoms with E-state index in [1.54, 1.807) is 6.07 Å². The molecule has 0 aliphatic heterocycles. The summed E-state index contributed by atoms with van der Waals surface area (Å²) in [7, 11) is 0. The van der Waals surface area contributed by atoms with Crippen molar-refractivity contribution < 1.29 is 4.79 Å². The van der Waals surface area contributed by atoms with Gasteiger partial charge in [-0.2, -0.15) is 0 Å². The average Bonchev–Trinajstić information content (AvgIpc) is 2.90. The van der Waals surface area contributed by atoms with Crippen LogP contribution < -0.4 is 11.1 Å². The second kappa shape index (κ2) is 6.09. The van der Waals surface area contributed by atoms with Crippen LogP contribution in [0.2, 0.25) is 0 Å². The number of carbonyl (C=O) groups excluding carboxylic acids is 1. The van der Waals surface area contributed by atoms with Crippen molar-refractivity contribution in [3.8, 4) is 11.8 Å². The molecule has 0 fully saturated rings. The summed E-state index contributed by atoms with van der Waals surface area (Å²) in [6.45, 7) is 2.18. The van der Waals surface area contributed by atoms with Crippen LogP contribution in [0.3, 0.4) is 0 Å². The summed E-state index contributed by atoms with van der Waals surface area (Å²) >= 11 is 1.12. The zero-order valence-corrected chi connectivity index (χ0v) is 11.1. The Morgan fingerprint density at radius 1 is 1.53 bits per heavy atom. The Bertz CT molecular complexity index is 640. The van der Waals surface area contributed by atoms with Crippen LogP contribution in [0.5, 0.6) is 0 Å². The average molecular weight is 272 g/mol. The summed E-state index contributed by atoms with van der Waals surface area (Å²) in [5.74, 6) is 5.42. The highest BCUT2D eigenvalue weighted by Gasteiger charge is 2.11. The van der Waals surface area contributed by atoms with Gasteiger partial charge in [0.1, 0.15) is 5.00 Å². The maximum atomic E-state index is 12.2. The van der Waals surface area contributed by atoms with E-state index in [0.717, 1.165) is 17.1 Å². The van der Waals surface area contributed by atoms with Crippen molar-refractivity contribution in [2.24, 2.45) is 5.73 Å². The van der Waals surface area contributed by atoms with Gasteiger partial charge in [0, 0.05) is 17.1 Å². The van der Waals surface area contributed by atoms with Gasteiger partial charge in [0.15, 0.2) is 0 Å². The van der Waals surface area contributed by atoms with Gasteiger partial charge in [-0.1, -0.05) is 28.0 Å². The first-order valence-electron chi connectivity index (χ1n) is 5.59. The number of aromatic nitrogens is 2. The molecular weight excluding hydrogens is 260 g/mol. The summed E-state index contributed by atoms with van der Waals surface area (Å²) in [5.41, 5.74) is 7.53. The van der Waals surface area contributed by atoms with Crippen LogP contribution in [0, 0.1) is 18.8 Å². The molecule has 19 heavy (non-hydrogen) atoms. The summed E-state index contributed by atoms with van der Waals surface area (Å²) in [4.78, 5) is 12.2. The molecule has 1 heterocycles. The van der Waals surface area contributed by atoms with Crippen molar-refractivity contribution >= 4 is 22.4 Å². The van der Waals surface area contributed by atoms with E-state index in [-0.39, 0.29) is 12.5 Å². The minimum absolute atomic E-state index is 0.226. The maximum Gasteiger partial charge on any atom is 0.257 e. The quantitative estimate of drug-likeness (QED) is 0.810. The zero-order valence-electron chi connectivity index (χ0n) is 10.3. The molecule has 1 aromatic heterocycles. The van der Waals surface area contributed by atoms with E-state index in [1.807, 2.05) is 19.1 Å². The standard InChI is InChI=1S/C13H12N4OS/c1-9-4-5-10(3-2-6-14)11(7-9)13(18)16-12-8-15-17-19-12/h4-5,7-8H,6,14H2,1H3,(H,16,18). The third-order valence-electron chi connectivity index (χ3n) is 2.34. The predicted octanol–water partition coefficient (Wildman–Crippen LogP) is 1.41. The monoisotopic (exact) mass is 272 g/mol. The lowest BCUT2D eigenvalue weighted by Gasteiger charge is -2.05. The molecule has 0 saturated heterocycles. The molecule has 3 N–H and O–H groups in total. The van der Waals surface area contributed by atoms with Gasteiger partial charge in [0.25, 0.3) is 5.91 Å². The van der Waals surface area contributed by atoms with E-state index in [0.29, 0.717) is 16.1 Å². The summed E-state index contributed by atoms with van der Waals surface area (Å²) < 4.78 is 3.69. The van der Waals surface area contributed by atoms with Crippen LogP contribution in [0.1, 0.15) is 21.5 Å². The normalized spacial score (nSPS) is 9.58. The van der Waals surface area contributed by atoms with Crippen LogP contribution in [0.4, 0.5) is 5.00 Å². The maximum absolute atomic E-state index is 12.2. The van der Waals surface area contributed by atoms with E-state index in [2.05, 4.69) is 26.7 Å². The number of nitrogens with zero attached hydrogens (tertiary/aromatic N) is 2. The van der Waals surface area contributed by atoms with Crippen molar-refractivity contribution in [2.45, 2.75) is 6.92 Å². The molecule has 0 bridgehead atoms. The number of nitrogens with one attached hydrogen (secondary N) is 1. The fourth-order valence-electron chi connectivity index (χ4n) is 1.50. The van der Waals surface area contributed by atoms with E-state index < -0.39 is 0 Å². The SMILES string of the molecule is Cc1ccc(C#CCN)c(C(=O)Nc2cnns2)c1. The van der Waals surface area contributed by atoms with Gasteiger partial charge >= 0.3 is 0 Å². The van der Waals surface area contributed by atoms with Gasteiger partial charge in [-0.05, 0) is 19.1 Å². The van der Waals surface area contributed by atoms with Crippen LogP contribution in [-0.2, 0) is 0 Å². The topological polar surface area (TPSA) is 80.9 Å². The molecule has 0 unspecified atom stereocenters. The Hall–Kier alpha value is -2.23. The first-order chi connectivity index (χ1) is 9.20. The second-order valence-electron chi connectivity index (χ2n) is 3.79. The lowest BCUT2D eigenvalue weighted by atomic mass is 10.0. The van der Waals surface area contributed by atoms with Crippen LogP contribution in [0.25, 0.3) is 0 Å². The molecule has 0 aliphatic carbocycles. The highest BCUT2D eigenvalue weighted by Crippen LogP contribution is 2.15. The number of benzene rings is 1.